The van der Waals surface area contributed by atoms with E-state index in [4.69, 9.17) is 15.6 Å². The summed E-state index contributed by atoms with van der Waals surface area (Å²) >= 11 is 0. The van der Waals surface area contributed by atoms with Crippen LogP contribution in [0.5, 0.6) is 5.75 Å². The van der Waals surface area contributed by atoms with Gasteiger partial charge in [0.1, 0.15) is 19.0 Å². The molecular formula is C40H59F6N3O6. The van der Waals surface area contributed by atoms with Crippen LogP contribution in [0.15, 0.2) is 18.2 Å². The number of aryl methyl sites for hydroxylation is 1. The fraction of sp³-hybridized carbons (Fsp3) is 0.800. The largest absolute Gasteiger partial charge is 0.490 e. The van der Waals surface area contributed by atoms with Crippen LogP contribution in [0.1, 0.15) is 90.1 Å². The van der Waals surface area contributed by atoms with Crippen molar-refractivity contribution < 1.29 is 56.2 Å². The van der Waals surface area contributed by atoms with Crippen molar-refractivity contribution in [2.45, 2.75) is 120 Å². The molecule has 0 N–H and O–H groups in total. The fourth-order valence-corrected chi connectivity index (χ4v) is 9.95. The minimum absolute atomic E-state index is 0.00104. The Labute approximate surface area is 322 Å². The van der Waals surface area contributed by atoms with E-state index in [0.29, 0.717) is 30.6 Å². The number of alkyl halides is 6. The number of esters is 1. The van der Waals surface area contributed by atoms with E-state index in [-0.39, 0.29) is 82.2 Å². The zero-order valence-corrected chi connectivity index (χ0v) is 32.8. The second kappa shape index (κ2) is 17.5. The van der Waals surface area contributed by atoms with Gasteiger partial charge >= 0.3 is 18.3 Å². The molecule has 5 unspecified atom stereocenters. The van der Waals surface area contributed by atoms with Gasteiger partial charge in [0.05, 0.1) is 14.0 Å². The molecule has 1 saturated heterocycles. The number of amides is 1. The van der Waals surface area contributed by atoms with Crippen molar-refractivity contribution in [2.24, 2.45) is 17.3 Å². The van der Waals surface area contributed by atoms with Gasteiger partial charge in [0.25, 0.3) is 5.60 Å². The molecule has 1 heterocycles. The average molecular weight is 793 g/mol. The summed E-state index contributed by atoms with van der Waals surface area (Å²) in [4.78, 5) is 31.4. The Morgan fingerprint density at radius 2 is 1.78 bits per heavy atom. The van der Waals surface area contributed by atoms with Gasteiger partial charge in [-0.3, -0.25) is 14.5 Å². The summed E-state index contributed by atoms with van der Waals surface area (Å²) in [6.45, 7) is 2.84. The highest BCUT2D eigenvalue weighted by Crippen LogP contribution is 2.62. The number of likely N-dealkylation sites (tertiary alicyclic amines) is 1. The zero-order chi connectivity index (χ0) is 41.1. The van der Waals surface area contributed by atoms with Gasteiger partial charge < -0.3 is 28.7 Å². The molecule has 0 bridgehead atoms. The van der Waals surface area contributed by atoms with Crippen molar-refractivity contribution >= 4 is 11.9 Å². The molecule has 1 aliphatic heterocycles. The molecule has 312 valence electrons. The summed E-state index contributed by atoms with van der Waals surface area (Å²) in [5.41, 5.74) is -1.67. The smallest absolute Gasteiger partial charge is 0.426 e. The van der Waals surface area contributed by atoms with Crippen LogP contribution < -0.4 is 4.74 Å². The molecule has 15 heteroatoms. The van der Waals surface area contributed by atoms with E-state index < -0.39 is 24.6 Å². The lowest BCUT2D eigenvalue weighted by atomic mass is 9.55. The van der Waals surface area contributed by atoms with E-state index in [1.807, 2.05) is 25.1 Å². The third-order valence-electron chi connectivity index (χ3n) is 13.3. The Morgan fingerprint density at radius 3 is 2.49 bits per heavy atom. The van der Waals surface area contributed by atoms with E-state index >= 15 is 0 Å². The standard InChI is InChI=1S/C40H59F6N3O6/c1-37-17-16-31-30-12-10-28(53-20-21-54-36(51)15-9-27-23-29(52-6)24-48(27)4)22-26(30)8-11-32(31)33(37)13-14-34(37)49(5)35(50)25-47(3)18-7-19-55-38(2,39(41,42)43)40(44,45)46/h10,12,22,27,29,31-34H,7-9,11,13-21,23-25H2,1-6H3/t27?,29?,31?,32?,33?,34-,37-/m0/s1/i6D. The van der Waals surface area contributed by atoms with Crippen molar-refractivity contribution in [1.82, 2.24) is 14.7 Å². The highest BCUT2D eigenvalue weighted by Gasteiger charge is 2.69. The summed E-state index contributed by atoms with van der Waals surface area (Å²) in [6, 6.07) is 6.57. The van der Waals surface area contributed by atoms with Gasteiger partial charge in [-0.25, -0.2) is 0 Å². The number of carbonyl (C=O) groups excluding carboxylic acids is 2. The highest BCUT2D eigenvalue weighted by atomic mass is 19.4. The second-order valence-electron chi connectivity index (χ2n) is 16.6. The lowest BCUT2D eigenvalue weighted by Crippen LogP contribution is -2.56. The molecule has 1 aromatic rings. The quantitative estimate of drug-likeness (QED) is 0.101. The molecule has 55 heavy (non-hydrogen) atoms. The lowest BCUT2D eigenvalue weighted by Gasteiger charge is -2.52. The van der Waals surface area contributed by atoms with Crippen LogP contribution in [0.2, 0.25) is 0 Å². The Hall–Kier alpha value is -2.62. The summed E-state index contributed by atoms with van der Waals surface area (Å²) in [6.07, 6.45) is -3.62. The first-order valence-corrected chi connectivity index (χ1v) is 19.5. The topological polar surface area (TPSA) is 80.8 Å². The zero-order valence-electron chi connectivity index (χ0n) is 33.8. The molecule has 3 fully saturated rings. The predicted octanol–water partition coefficient (Wildman–Crippen LogP) is 7.01. The van der Waals surface area contributed by atoms with Crippen LogP contribution >= 0.6 is 0 Å². The third kappa shape index (κ3) is 9.58. The minimum atomic E-state index is -5.61. The molecule has 4 aliphatic rings. The van der Waals surface area contributed by atoms with Crippen molar-refractivity contribution in [2.75, 3.05) is 67.7 Å². The van der Waals surface area contributed by atoms with E-state index in [1.165, 1.54) is 11.1 Å². The van der Waals surface area contributed by atoms with Gasteiger partial charge in [-0.05, 0) is 125 Å². The summed E-state index contributed by atoms with van der Waals surface area (Å²) in [7, 11) is 5.38. The van der Waals surface area contributed by atoms with Gasteiger partial charge in [-0.15, -0.1) is 0 Å². The summed E-state index contributed by atoms with van der Waals surface area (Å²) < 4.78 is 107. The van der Waals surface area contributed by atoms with E-state index in [9.17, 15) is 35.9 Å². The highest BCUT2D eigenvalue weighted by molar-refractivity contribution is 5.78. The molecule has 3 aliphatic carbocycles. The molecule has 0 aromatic heterocycles. The number of methoxy groups -OCH3 is 1. The monoisotopic (exact) mass is 792 g/mol. The molecule has 7 atom stereocenters. The minimum Gasteiger partial charge on any atom is -0.490 e. The van der Waals surface area contributed by atoms with Crippen molar-refractivity contribution in [3.05, 3.63) is 29.3 Å². The number of carbonyl (C=O) groups is 2. The molecule has 1 aromatic carbocycles. The number of halogens is 6. The Kier molecular flexibility index (Phi) is 13.3. The van der Waals surface area contributed by atoms with Crippen LogP contribution in [0.3, 0.4) is 0 Å². The molecule has 0 spiro atoms. The van der Waals surface area contributed by atoms with E-state index in [1.54, 1.807) is 11.9 Å². The number of likely N-dealkylation sites (N-methyl/N-ethyl adjacent to an activating group) is 3. The van der Waals surface area contributed by atoms with Crippen molar-refractivity contribution in [1.29, 1.82) is 0 Å². The number of hydrogen-bond acceptors (Lipinski definition) is 8. The second-order valence-corrected chi connectivity index (χ2v) is 16.6. The third-order valence-corrected chi connectivity index (χ3v) is 13.3. The van der Waals surface area contributed by atoms with Crippen LogP contribution in [-0.4, -0.2) is 130 Å². The summed E-state index contributed by atoms with van der Waals surface area (Å²) in [5.74, 6) is 1.73. The Bertz CT molecular complexity index is 1490. The van der Waals surface area contributed by atoms with Gasteiger partial charge in [-0.2, -0.15) is 26.3 Å². The lowest BCUT2D eigenvalue weighted by molar-refractivity contribution is -0.374. The van der Waals surface area contributed by atoms with Crippen LogP contribution in [-0.2, 0) is 30.2 Å². The van der Waals surface area contributed by atoms with Crippen LogP contribution in [0, 0.1) is 17.3 Å². The maximum atomic E-state index is 13.4. The number of nitrogens with zero attached hydrogens (tertiary/aromatic N) is 3. The number of benzene rings is 1. The van der Waals surface area contributed by atoms with Crippen molar-refractivity contribution in [3.63, 3.8) is 0 Å². The molecule has 0 radical (unpaired) electrons. The summed E-state index contributed by atoms with van der Waals surface area (Å²) in [5, 5.41) is 0. The fourth-order valence-electron chi connectivity index (χ4n) is 9.95. The molecule has 2 saturated carbocycles. The van der Waals surface area contributed by atoms with E-state index in [0.717, 1.165) is 57.2 Å². The van der Waals surface area contributed by atoms with Gasteiger partial charge in [-0.1, -0.05) is 13.0 Å². The average Bonchev–Trinajstić information content (AvgIpc) is 3.67. The maximum Gasteiger partial charge on any atom is 0.426 e. The van der Waals surface area contributed by atoms with Gasteiger partial charge in [0.15, 0.2) is 0 Å². The number of rotatable bonds is 16. The van der Waals surface area contributed by atoms with E-state index in [2.05, 4.69) is 28.7 Å². The molecule has 9 nitrogen and oxygen atoms in total. The Morgan fingerprint density at radius 1 is 1.04 bits per heavy atom. The first kappa shape index (κ1) is 42.0. The SMILES string of the molecule is [2H]COC1CC(CCC(=O)OCCOc2ccc3c(c2)CCC2C3CC[C@@]3(C)C2CC[C@@H]3N(C)C(=O)CN(C)CCCOC(C)(C(F)(F)F)C(F)(F)F)N(C)C1. The maximum absolute atomic E-state index is 13.4. The normalized spacial score (nSPS) is 28.7. The predicted molar refractivity (Wildman–Crippen MR) is 194 cm³/mol. The van der Waals surface area contributed by atoms with Crippen LogP contribution in [0.25, 0.3) is 0 Å². The number of fused-ring (bicyclic) bond motifs is 5. The first-order valence-electron chi connectivity index (χ1n) is 20.2. The van der Waals surface area contributed by atoms with Gasteiger partial charge in [0, 0.05) is 52.3 Å². The van der Waals surface area contributed by atoms with Crippen molar-refractivity contribution in [3.8, 4) is 5.75 Å². The van der Waals surface area contributed by atoms with Gasteiger partial charge in [0.2, 0.25) is 5.91 Å². The molecular weight excluding hydrogens is 732 g/mol. The molecule has 5 rings (SSSR count). The molecule has 1 amide bonds. The first-order chi connectivity index (χ1) is 26.3. The number of ether oxygens (including phenoxy) is 4. The van der Waals surface area contributed by atoms with Crippen LogP contribution in [0.4, 0.5) is 26.3 Å². The Balaban J connectivity index is 1.05. The number of hydrogen-bond donors (Lipinski definition) is 0.